The summed E-state index contributed by atoms with van der Waals surface area (Å²) in [6.45, 7) is 4.74. The van der Waals surface area contributed by atoms with Gasteiger partial charge in [-0.1, -0.05) is 0 Å². The highest BCUT2D eigenvalue weighted by Gasteiger charge is 1.81. The molecule has 0 atom stereocenters. The zero-order valence-electron chi connectivity index (χ0n) is 7.09. The third-order valence-corrected chi connectivity index (χ3v) is 0.348. The predicted octanol–water partition coefficient (Wildman–Crippen LogP) is 0.822. The molecule has 0 radical (unpaired) electrons. The van der Waals surface area contributed by atoms with Gasteiger partial charge in [-0.05, 0) is 6.92 Å². The largest absolute Gasteiger partial charge is 0.481 e. The van der Waals surface area contributed by atoms with Crippen LogP contribution in [0.3, 0.4) is 0 Å². The predicted molar refractivity (Wildman–Crippen MR) is 40.6 cm³/mol. The first kappa shape index (κ1) is 16.5. The molecule has 68 valence electrons. The first-order chi connectivity index (χ1) is 4.50. The summed E-state index contributed by atoms with van der Waals surface area (Å²) in [6, 6.07) is 0. The summed E-state index contributed by atoms with van der Waals surface area (Å²) in [7, 11) is 0. The molecule has 0 aliphatic heterocycles. The molecular formula is C6H15NO4. The van der Waals surface area contributed by atoms with Crippen LogP contribution in [-0.4, -0.2) is 23.7 Å². The maximum atomic E-state index is 9.82. The standard InChI is InChI=1S/C4H8O2.C2H4O2.H3N/c1-3-6-4(2)5;1-2(3)4;/h3H2,1-2H3;1H3,(H,3,4);1H3. The number of carboxylic acid groups (broad SMARTS) is 1. The summed E-state index contributed by atoms with van der Waals surface area (Å²) in [5, 5.41) is 7.42. The van der Waals surface area contributed by atoms with Gasteiger partial charge in [0.25, 0.3) is 5.97 Å². The van der Waals surface area contributed by atoms with Gasteiger partial charge in [0.15, 0.2) is 0 Å². The fraction of sp³-hybridized carbons (Fsp3) is 0.667. The van der Waals surface area contributed by atoms with Crippen molar-refractivity contribution in [1.82, 2.24) is 6.15 Å². The summed E-state index contributed by atoms with van der Waals surface area (Å²) in [4.78, 5) is 18.8. The van der Waals surface area contributed by atoms with Crippen LogP contribution in [0.25, 0.3) is 0 Å². The van der Waals surface area contributed by atoms with Crippen molar-refractivity contribution in [2.45, 2.75) is 20.8 Å². The van der Waals surface area contributed by atoms with Crippen molar-refractivity contribution in [2.24, 2.45) is 0 Å². The summed E-state index contributed by atoms with van der Waals surface area (Å²) in [6.07, 6.45) is 0. The fourth-order valence-electron chi connectivity index (χ4n) is 0.203. The molecular weight excluding hydrogens is 150 g/mol. The molecule has 0 aromatic carbocycles. The Morgan fingerprint density at radius 1 is 1.36 bits per heavy atom. The number of carboxylic acids is 1. The number of ether oxygens (including phenoxy) is 1. The van der Waals surface area contributed by atoms with E-state index in [4.69, 9.17) is 9.90 Å². The third-order valence-electron chi connectivity index (χ3n) is 0.348. The van der Waals surface area contributed by atoms with Gasteiger partial charge in [0, 0.05) is 13.8 Å². The average molecular weight is 165 g/mol. The molecule has 0 aromatic rings. The van der Waals surface area contributed by atoms with E-state index in [2.05, 4.69) is 4.74 Å². The normalized spacial score (nSPS) is 6.45. The maximum absolute atomic E-state index is 9.82. The minimum Gasteiger partial charge on any atom is -0.481 e. The van der Waals surface area contributed by atoms with Crippen LogP contribution < -0.4 is 6.15 Å². The molecule has 11 heavy (non-hydrogen) atoms. The second kappa shape index (κ2) is 11.7. The van der Waals surface area contributed by atoms with Crippen molar-refractivity contribution in [3.63, 3.8) is 0 Å². The lowest BCUT2D eigenvalue weighted by Crippen LogP contribution is -1.95. The molecule has 4 N–H and O–H groups in total. The summed E-state index contributed by atoms with van der Waals surface area (Å²) < 4.78 is 4.40. The lowest BCUT2D eigenvalue weighted by atomic mass is 10.8. The van der Waals surface area contributed by atoms with Crippen LogP contribution in [0.4, 0.5) is 0 Å². The molecule has 0 saturated heterocycles. The van der Waals surface area contributed by atoms with E-state index in [1.165, 1.54) is 6.92 Å². The van der Waals surface area contributed by atoms with Gasteiger partial charge >= 0.3 is 5.97 Å². The summed E-state index contributed by atoms with van der Waals surface area (Å²) in [5.41, 5.74) is 0. The van der Waals surface area contributed by atoms with Gasteiger partial charge in [-0.15, -0.1) is 0 Å². The van der Waals surface area contributed by atoms with E-state index in [0.29, 0.717) is 6.61 Å². The fourth-order valence-corrected chi connectivity index (χ4v) is 0.203. The number of carbonyl (C=O) groups is 2. The van der Waals surface area contributed by atoms with Crippen LogP contribution in [-0.2, 0) is 14.3 Å². The highest BCUT2D eigenvalue weighted by molar-refractivity contribution is 5.65. The van der Waals surface area contributed by atoms with Crippen LogP contribution in [0.5, 0.6) is 0 Å². The van der Waals surface area contributed by atoms with Crippen molar-refractivity contribution in [2.75, 3.05) is 6.61 Å². The van der Waals surface area contributed by atoms with Crippen molar-refractivity contribution >= 4 is 11.9 Å². The summed E-state index contributed by atoms with van der Waals surface area (Å²) in [5.74, 6) is -1.04. The van der Waals surface area contributed by atoms with Crippen LogP contribution in [0, 0.1) is 0 Å². The van der Waals surface area contributed by atoms with Gasteiger partial charge in [-0.3, -0.25) is 9.59 Å². The molecule has 5 nitrogen and oxygen atoms in total. The van der Waals surface area contributed by atoms with Crippen molar-refractivity contribution in [1.29, 1.82) is 0 Å². The van der Waals surface area contributed by atoms with E-state index in [1.807, 2.05) is 0 Å². The number of carbonyl (C=O) groups excluding carboxylic acids is 1. The lowest BCUT2D eigenvalue weighted by Gasteiger charge is -1.89. The van der Waals surface area contributed by atoms with E-state index in [1.54, 1.807) is 6.92 Å². The van der Waals surface area contributed by atoms with E-state index < -0.39 is 5.97 Å². The Labute approximate surface area is 65.9 Å². The molecule has 0 bridgehead atoms. The molecule has 0 unspecified atom stereocenters. The molecule has 0 fully saturated rings. The molecule has 0 rings (SSSR count). The highest BCUT2D eigenvalue weighted by atomic mass is 16.5. The average Bonchev–Trinajstić information content (AvgIpc) is 1.62. The highest BCUT2D eigenvalue weighted by Crippen LogP contribution is 1.69. The van der Waals surface area contributed by atoms with Gasteiger partial charge < -0.3 is 16.0 Å². The Morgan fingerprint density at radius 3 is 1.64 bits per heavy atom. The Bertz CT molecular complexity index is 109. The molecule has 0 aliphatic rings. The van der Waals surface area contributed by atoms with E-state index in [9.17, 15) is 4.79 Å². The number of esters is 1. The molecule has 0 aliphatic carbocycles. The van der Waals surface area contributed by atoms with Gasteiger partial charge in [-0.2, -0.15) is 0 Å². The zero-order chi connectivity index (χ0) is 8.57. The van der Waals surface area contributed by atoms with Gasteiger partial charge in [0.05, 0.1) is 6.61 Å². The molecule has 0 spiro atoms. The van der Waals surface area contributed by atoms with Gasteiger partial charge in [-0.25, -0.2) is 0 Å². The van der Waals surface area contributed by atoms with E-state index in [-0.39, 0.29) is 12.1 Å². The van der Waals surface area contributed by atoms with Gasteiger partial charge in [0.1, 0.15) is 0 Å². The number of hydrogen-bond acceptors (Lipinski definition) is 4. The van der Waals surface area contributed by atoms with Crippen LogP contribution >= 0.6 is 0 Å². The Balaban J connectivity index is -0.000000114. The van der Waals surface area contributed by atoms with Crippen molar-refractivity contribution < 1.29 is 19.4 Å². The molecule has 0 amide bonds. The van der Waals surface area contributed by atoms with Crippen LogP contribution in [0.2, 0.25) is 0 Å². The van der Waals surface area contributed by atoms with Crippen LogP contribution in [0.15, 0.2) is 0 Å². The topological polar surface area (TPSA) is 98.6 Å². The van der Waals surface area contributed by atoms with Crippen molar-refractivity contribution in [3.8, 4) is 0 Å². The molecule has 5 heteroatoms. The van der Waals surface area contributed by atoms with Gasteiger partial charge in [0.2, 0.25) is 0 Å². The first-order valence-electron chi connectivity index (χ1n) is 2.83. The number of rotatable bonds is 1. The minimum absolute atomic E-state index is 0. The summed E-state index contributed by atoms with van der Waals surface area (Å²) >= 11 is 0. The second-order valence-electron chi connectivity index (χ2n) is 1.44. The second-order valence-corrected chi connectivity index (χ2v) is 1.44. The SMILES string of the molecule is CC(=O)O.CCOC(C)=O.N. The Hall–Kier alpha value is -1.10. The third kappa shape index (κ3) is 117. The first-order valence-corrected chi connectivity index (χ1v) is 2.83. The Kier molecular flexibility index (Phi) is 17.5. The van der Waals surface area contributed by atoms with Crippen molar-refractivity contribution in [3.05, 3.63) is 0 Å². The zero-order valence-corrected chi connectivity index (χ0v) is 7.09. The van der Waals surface area contributed by atoms with E-state index in [0.717, 1.165) is 6.92 Å². The molecule has 0 heterocycles. The quantitative estimate of drug-likeness (QED) is 0.560. The maximum Gasteiger partial charge on any atom is 0.302 e. The monoisotopic (exact) mass is 165 g/mol. The molecule has 0 saturated carbocycles. The van der Waals surface area contributed by atoms with Crippen LogP contribution in [0.1, 0.15) is 20.8 Å². The number of aliphatic carboxylic acids is 1. The number of hydrogen-bond donors (Lipinski definition) is 2. The lowest BCUT2D eigenvalue weighted by molar-refractivity contribution is -0.140. The molecule has 0 aromatic heterocycles. The Morgan fingerprint density at radius 2 is 1.64 bits per heavy atom. The van der Waals surface area contributed by atoms with E-state index >= 15 is 0 Å². The smallest absolute Gasteiger partial charge is 0.302 e. The minimum atomic E-state index is -0.833.